The monoisotopic (exact) mass is 756 g/mol. The SMILES string of the molecule is CCc1ccc[c-]1[Si](c1cc(C(C)C)cc(C(C)C)c1)(c1cc(C(C)C)cc(C(C)C)c1)c1cc(C(C)C)cc(C(C)C)c1.[Cl-].[Cl-].[Cl-].[Ti+4]. The Morgan fingerprint density at radius 3 is 0.917 bits per heavy atom. The first-order valence-corrected chi connectivity index (χ1v) is 19.4. The third-order valence-corrected chi connectivity index (χ3v) is 14.7. The van der Waals surface area contributed by atoms with Crippen LogP contribution in [0, 0.1) is 0 Å². The molecule has 4 aromatic carbocycles. The van der Waals surface area contributed by atoms with Crippen molar-refractivity contribution in [3.63, 3.8) is 0 Å². The van der Waals surface area contributed by atoms with E-state index >= 15 is 0 Å². The number of benzene rings is 3. The second kappa shape index (κ2) is 19.4. The van der Waals surface area contributed by atoms with Crippen molar-refractivity contribution in [1.29, 1.82) is 0 Å². The molecule has 0 aliphatic carbocycles. The zero-order valence-corrected chi connectivity index (χ0v) is 36.6. The maximum absolute atomic E-state index is 2.78. The maximum Gasteiger partial charge on any atom is 4.00 e. The molecule has 0 atom stereocenters. The first-order valence-electron chi connectivity index (χ1n) is 17.4. The van der Waals surface area contributed by atoms with Crippen molar-refractivity contribution in [2.45, 2.75) is 132 Å². The first-order chi connectivity index (χ1) is 20.7. The Hall–Kier alpha value is -1.19. The molecule has 0 saturated heterocycles. The molecular formula is C43H59Cl3SiTi. The Kier molecular flexibility index (Phi) is 18.9. The summed E-state index contributed by atoms with van der Waals surface area (Å²) in [6.07, 6.45) is 1.04. The molecule has 0 aliphatic heterocycles. The van der Waals surface area contributed by atoms with E-state index in [0.717, 1.165) is 6.42 Å². The van der Waals surface area contributed by atoms with E-state index in [1.165, 1.54) is 38.9 Å². The molecule has 0 saturated carbocycles. The minimum Gasteiger partial charge on any atom is -1.00 e. The fourth-order valence-corrected chi connectivity index (χ4v) is 12.1. The van der Waals surface area contributed by atoms with Crippen LogP contribution in [0.2, 0.25) is 0 Å². The van der Waals surface area contributed by atoms with Crippen LogP contribution in [0.15, 0.2) is 72.8 Å². The van der Waals surface area contributed by atoms with Gasteiger partial charge in [-0.3, -0.25) is 0 Å². The van der Waals surface area contributed by atoms with Crippen LogP contribution in [0.1, 0.15) is 164 Å². The molecular weight excluding hydrogens is 699 g/mol. The zero-order valence-electron chi connectivity index (χ0n) is 31.7. The third-order valence-electron chi connectivity index (χ3n) is 9.92. The normalized spacial score (nSPS) is 11.6. The van der Waals surface area contributed by atoms with Crippen LogP contribution in [0.25, 0.3) is 0 Å². The van der Waals surface area contributed by atoms with E-state index in [9.17, 15) is 0 Å². The van der Waals surface area contributed by atoms with Crippen LogP contribution < -0.4 is 58.0 Å². The molecule has 4 rings (SSSR count). The van der Waals surface area contributed by atoms with Crippen molar-refractivity contribution < 1.29 is 58.9 Å². The van der Waals surface area contributed by atoms with Gasteiger partial charge in [0.15, 0.2) is 0 Å². The molecule has 48 heavy (non-hydrogen) atoms. The summed E-state index contributed by atoms with van der Waals surface area (Å²) in [6, 6.07) is 30.4. The molecule has 0 bridgehead atoms. The van der Waals surface area contributed by atoms with Gasteiger partial charge in [-0.25, -0.2) is 12.1 Å². The molecule has 0 N–H and O–H groups in total. The van der Waals surface area contributed by atoms with Gasteiger partial charge in [0, 0.05) is 0 Å². The van der Waals surface area contributed by atoms with E-state index in [2.05, 4.69) is 163 Å². The summed E-state index contributed by atoms with van der Waals surface area (Å²) >= 11 is 0. The van der Waals surface area contributed by atoms with Crippen LogP contribution >= 0.6 is 0 Å². The summed E-state index contributed by atoms with van der Waals surface area (Å²) in [7, 11) is -2.78. The maximum atomic E-state index is 2.61. The van der Waals surface area contributed by atoms with Crippen molar-refractivity contribution in [3.05, 3.63) is 112 Å². The van der Waals surface area contributed by atoms with E-state index < -0.39 is 8.07 Å². The molecule has 0 spiro atoms. The van der Waals surface area contributed by atoms with Gasteiger partial charge in [0.25, 0.3) is 0 Å². The number of halogens is 3. The van der Waals surface area contributed by atoms with Gasteiger partial charge in [-0.2, -0.15) is 11.6 Å². The number of aryl methyl sites for hydroxylation is 1. The van der Waals surface area contributed by atoms with E-state index in [-0.39, 0.29) is 58.9 Å². The average molecular weight is 758 g/mol. The second-order valence-corrected chi connectivity index (χ2v) is 18.9. The molecule has 0 fully saturated rings. The molecule has 0 unspecified atom stereocenters. The van der Waals surface area contributed by atoms with Crippen LogP contribution in [-0.2, 0) is 28.1 Å². The largest absolute Gasteiger partial charge is 4.00 e. The summed E-state index contributed by atoms with van der Waals surface area (Å²) in [4.78, 5) is 0. The van der Waals surface area contributed by atoms with Crippen molar-refractivity contribution in [1.82, 2.24) is 0 Å². The predicted octanol–water partition coefficient (Wildman–Crippen LogP) is 1.10. The van der Waals surface area contributed by atoms with E-state index in [1.54, 1.807) is 20.7 Å². The van der Waals surface area contributed by atoms with Crippen LogP contribution in [0.4, 0.5) is 0 Å². The van der Waals surface area contributed by atoms with Gasteiger partial charge in [0.2, 0.25) is 0 Å². The molecule has 4 aromatic rings. The fraction of sp³-hybridized carbons (Fsp3) is 0.465. The average Bonchev–Trinajstić information content (AvgIpc) is 3.46. The van der Waals surface area contributed by atoms with Gasteiger partial charge in [0.1, 0.15) is 8.07 Å². The van der Waals surface area contributed by atoms with E-state index in [1.807, 2.05) is 0 Å². The minimum absolute atomic E-state index is 0. The summed E-state index contributed by atoms with van der Waals surface area (Å²) in [6.45, 7) is 30.7. The van der Waals surface area contributed by atoms with Crippen molar-refractivity contribution in [2.24, 2.45) is 0 Å². The molecule has 0 amide bonds. The van der Waals surface area contributed by atoms with Gasteiger partial charge in [0.05, 0.1) is 0 Å². The first kappa shape index (κ1) is 46.8. The predicted molar refractivity (Wildman–Crippen MR) is 200 cm³/mol. The van der Waals surface area contributed by atoms with E-state index in [4.69, 9.17) is 0 Å². The Labute approximate surface area is 329 Å². The Bertz CT molecular complexity index is 1350. The summed E-state index contributed by atoms with van der Waals surface area (Å²) in [5, 5.41) is 6.19. The molecule has 0 radical (unpaired) electrons. The van der Waals surface area contributed by atoms with Gasteiger partial charge >= 0.3 is 21.7 Å². The zero-order chi connectivity index (χ0) is 32.5. The topological polar surface area (TPSA) is 0 Å². The Morgan fingerprint density at radius 2 is 0.708 bits per heavy atom. The molecule has 0 heterocycles. The van der Waals surface area contributed by atoms with Gasteiger partial charge in [-0.1, -0.05) is 167 Å². The molecule has 0 aromatic heterocycles. The molecule has 5 heteroatoms. The van der Waals surface area contributed by atoms with Crippen molar-refractivity contribution in [3.8, 4) is 0 Å². The second-order valence-electron chi connectivity index (χ2n) is 15.2. The van der Waals surface area contributed by atoms with E-state index in [0.29, 0.717) is 35.5 Å². The van der Waals surface area contributed by atoms with Crippen LogP contribution in [0.3, 0.4) is 0 Å². The number of hydrogen-bond acceptors (Lipinski definition) is 0. The number of rotatable bonds is 11. The smallest absolute Gasteiger partial charge is 1.00 e. The molecule has 0 aliphatic rings. The van der Waals surface area contributed by atoms with Gasteiger partial charge in [-0.15, -0.1) is 5.19 Å². The summed E-state index contributed by atoms with van der Waals surface area (Å²) < 4.78 is 0. The van der Waals surface area contributed by atoms with Crippen molar-refractivity contribution in [2.75, 3.05) is 0 Å². The van der Waals surface area contributed by atoms with Gasteiger partial charge < -0.3 is 37.2 Å². The summed E-state index contributed by atoms with van der Waals surface area (Å²) in [5.74, 6) is 2.78. The molecule has 260 valence electrons. The third kappa shape index (κ3) is 9.57. The fourth-order valence-electron chi connectivity index (χ4n) is 6.78. The number of hydrogen-bond donors (Lipinski definition) is 0. The van der Waals surface area contributed by atoms with Crippen LogP contribution in [0.5, 0.6) is 0 Å². The molecule has 0 nitrogen and oxygen atoms in total. The van der Waals surface area contributed by atoms with Crippen molar-refractivity contribution >= 4 is 28.8 Å². The minimum atomic E-state index is -2.78. The Morgan fingerprint density at radius 1 is 0.458 bits per heavy atom. The summed E-state index contributed by atoms with van der Waals surface area (Å²) in [5.41, 5.74) is 10.3. The quantitative estimate of drug-likeness (QED) is 0.122. The van der Waals surface area contributed by atoms with Gasteiger partial charge in [-0.05, 0) is 68.9 Å². The standard InChI is InChI=1S/C43H59Si.3ClH.Ti/c1-14-33-16-15-17-43(33)44(40-21-34(27(2)3)18-35(22-40)28(4)5,41-23-36(29(6)7)19-37(24-41)30(8)9)42-25-38(31(10)11)20-39(26-42)32(12)13;;;;/h15-32H,14H2,1-13H3;3*1H;/q-1;;;;+4/p-3. The van der Waals surface area contributed by atoms with Crippen LogP contribution in [-0.4, -0.2) is 8.07 Å². The Balaban J connectivity index is 0.00000552.